The molecule has 1 aliphatic carbocycles. The van der Waals surface area contributed by atoms with Crippen LogP contribution in [-0.2, 0) is 17.3 Å². The lowest BCUT2D eigenvalue weighted by Gasteiger charge is -2.32. The van der Waals surface area contributed by atoms with Crippen molar-refractivity contribution in [2.75, 3.05) is 0 Å². The summed E-state index contributed by atoms with van der Waals surface area (Å²) in [7, 11) is 0. The molecule has 26 heavy (non-hydrogen) atoms. The van der Waals surface area contributed by atoms with E-state index >= 15 is 0 Å². The summed E-state index contributed by atoms with van der Waals surface area (Å²) in [5.41, 5.74) is 7.64. The standard InChI is InChI=1S/C24H33NO/c1-8-10-18-14-21-22(24(6,7)16(3)23(21,4)5)15-20(18)17(9-2)13-19-11-12-25-26-19/h11-16H,8-10H2,1-7H3. The third-order valence-electron chi connectivity index (χ3n) is 6.82. The highest BCUT2D eigenvalue weighted by molar-refractivity contribution is 5.82. The van der Waals surface area contributed by atoms with E-state index in [1.807, 2.05) is 6.07 Å². The third-order valence-corrected chi connectivity index (χ3v) is 6.82. The van der Waals surface area contributed by atoms with Gasteiger partial charge in [-0.05, 0) is 63.5 Å². The Kier molecular flexibility index (Phi) is 4.90. The molecule has 2 nitrogen and oxygen atoms in total. The monoisotopic (exact) mass is 351 g/mol. The molecule has 0 saturated carbocycles. The van der Waals surface area contributed by atoms with E-state index in [4.69, 9.17) is 4.52 Å². The van der Waals surface area contributed by atoms with Gasteiger partial charge in [-0.3, -0.25) is 0 Å². The molecular weight excluding hydrogens is 318 g/mol. The molecule has 1 aromatic heterocycles. The fraction of sp³-hybridized carbons (Fsp3) is 0.542. The topological polar surface area (TPSA) is 26.0 Å². The van der Waals surface area contributed by atoms with E-state index in [1.165, 1.54) is 27.8 Å². The van der Waals surface area contributed by atoms with E-state index in [2.05, 4.69) is 71.8 Å². The maximum absolute atomic E-state index is 5.34. The van der Waals surface area contributed by atoms with Crippen LogP contribution in [0.3, 0.4) is 0 Å². The van der Waals surface area contributed by atoms with Crippen molar-refractivity contribution >= 4 is 11.6 Å². The van der Waals surface area contributed by atoms with Gasteiger partial charge in [0.25, 0.3) is 0 Å². The summed E-state index contributed by atoms with van der Waals surface area (Å²) >= 11 is 0. The Balaban J connectivity index is 2.22. The number of aryl methyl sites for hydroxylation is 1. The largest absolute Gasteiger partial charge is 0.357 e. The van der Waals surface area contributed by atoms with Crippen LogP contribution in [0.1, 0.15) is 89.3 Å². The predicted molar refractivity (Wildman–Crippen MR) is 110 cm³/mol. The van der Waals surface area contributed by atoms with Crippen LogP contribution < -0.4 is 0 Å². The van der Waals surface area contributed by atoms with Gasteiger partial charge in [-0.2, -0.15) is 0 Å². The predicted octanol–water partition coefficient (Wildman–Crippen LogP) is 6.78. The number of allylic oxidation sites excluding steroid dienone is 1. The lowest BCUT2D eigenvalue weighted by Crippen LogP contribution is -2.30. The minimum atomic E-state index is 0.184. The first kappa shape index (κ1) is 18.9. The molecule has 140 valence electrons. The first-order chi connectivity index (χ1) is 12.2. The second kappa shape index (κ2) is 6.72. The molecule has 1 unspecified atom stereocenters. The van der Waals surface area contributed by atoms with Crippen LogP contribution in [0.15, 0.2) is 28.9 Å². The van der Waals surface area contributed by atoms with Crippen molar-refractivity contribution in [1.82, 2.24) is 5.16 Å². The molecular formula is C24H33NO. The van der Waals surface area contributed by atoms with Gasteiger partial charge in [0.05, 0.1) is 6.20 Å². The summed E-state index contributed by atoms with van der Waals surface area (Å²) in [6.07, 6.45) is 7.12. The Morgan fingerprint density at radius 2 is 1.77 bits per heavy atom. The molecule has 2 heteroatoms. The maximum atomic E-state index is 5.34. The third kappa shape index (κ3) is 2.94. The minimum Gasteiger partial charge on any atom is -0.357 e. The Bertz CT molecular complexity index is 809. The number of aromatic nitrogens is 1. The lowest BCUT2D eigenvalue weighted by atomic mass is 9.71. The summed E-state index contributed by atoms with van der Waals surface area (Å²) in [6, 6.07) is 6.91. The van der Waals surface area contributed by atoms with E-state index in [0.29, 0.717) is 5.92 Å². The fourth-order valence-electron chi connectivity index (χ4n) is 4.70. The highest BCUT2D eigenvalue weighted by Crippen LogP contribution is 2.54. The quantitative estimate of drug-likeness (QED) is 0.593. The number of hydrogen-bond acceptors (Lipinski definition) is 2. The molecule has 0 amide bonds. The highest BCUT2D eigenvalue weighted by atomic mass is 16.5. The van der Waals surface area contributed by atoms with Crippen LogP contribution >= 0.6 is 0 Å². The SMILES string of the molecule is CCCc1cc2c(cc1C(=Cc1ccno1)CC)C(C)(C)C(C)C2(C)C. The normalized spacial score (nSPS) is 21.0. The Morgan fingerprint density at radius 1 is 1.12 bits per heavy atom. The van der Waals surface area contributed by atoms with Gasteiger partial charge in [-0.1, -0.05) is 72.2 Å². The molecule has 0 aliphatic heterocycles. The zero-order chi connectivity index (χ0) is 19.1. The zero-order valence-corrected chi connectivity index (χ0v) is 17.4. The van der Waals surface area contributed by atoms with Crippen LogP contribution in [0.25, 0.3) is 11.6 Å². The van der Waals surface area contributed by atoms with Gasteiger partial charge >= 0.3 is 0 Å². The summed E-state index contributed by atoms with van der Waals surface area (Å²) in [4.78, 5) is 0. The van der Waals surface area contributed by atoms with Crippen molar-refractivity contribution in [3.63, 3.8) is 0 Å². The Morgan fingerprint density at radius 3 is 2.31 bits per heavy atom. The molecule has 0 spiro atoms. The van der Waals surface area contributed by atoms with Crippen LogP contribution in [0.5, 0.6) is 0 Å². The van der Waals surface area contributed by atoms with Gasteiger partial charge in [0.15, 0.2) is 5.76 Å². The molecule has 0 bridgehead atoms. The molecule has 0 N–H and O–H groups in total. The first-order valence-corrected chi connectivity index (χ1v) is 10.0. The molecule has 1 atom stereocenters. The summed E-state index contributed by atoms with van der Waals surface area (Å²) in [5.74, 6) is 1.44. The molecule has 0 fully saturated rings. The second-order valence-corrected chi connectivity index (χ2v) is 8.91. The fourth-order valence-corrected chi connectivity index (χ4v) is 4.70. The van der Waals surface area contributed by atoms with Crippen LogP contribution in [0.4, 0.5) is 0 Å². The molecule has 2 aromatic rings. The maximum Gasteiger partial charge on any atom is 0.159 e. The second-order valence-electron chi connectivity index (χ2n) is 8.91. The van der Waals surface area contributed by atoms with E-state index in [0.717, 1.165) is 25.0 Å². The van der Waals surface area contributed by atoms with Crippen molar-refractivity contribution in [2.45, 2.75) is 78.6 Å². The summed E-state index contributed by atoms with van der Waals surface area (Å²) in [5, 5.41) is 3.85. The van der Waals surface area contributed by atoms with Gasteiger partial charge < -0.3 is 4.52 Å². The lowest BCUT2D eigenvalue weighted by molar-refractivity contribution is 0.264. The number of hydrogen-bond donors (Lipinski definition) is 0. The minimum absolute atomic E-state index is 0.184. The summed E-state index contributed by atoms with van der Waals surface area (Å²) in [6.45, 7) is 16.5. The van der Waals surface area contributed by atoms with Crippen molar-refractivity contribution in [3.05, 3.63) is 52.4 Å². The van der Waals surface area contributed by atoms with E-state index in [-0.39, 0.29) is 10.8 Å². The zero-order valence-electron chi connectivity index (χ0n) is 17.4. The number of benzene rings is 1. The van der Waals surface area contributed by atoms with Gasteiger partial charge in [0.1, 0.15) is 0 Å². The summed E-state index contributed by atoms with van der Waals surface area (Å²) < 4.78 is 5.34. The van der Waals surface area contributed by atoms with Gasteiger partial charge in [0, 0.05) is 6.07 Å². The van der Waals surface area contributed by atoms with Crippen LogP contribution in [0, 0.1) is 5.92 Å². The molecule has 1 aliphatic rings. The highest BCUT2D eigenvalue weighted by Gasteiger charge is 2.48. The van der Waals surface area contributed by atoms with Crippen LogP contribution in [0.2, 0.25) is 0 Å². The average molecular weight is 352 g/mol. The van der Waals surface area contributed by atoms with E-state index < -0.39 is 0 Å². The van der Waals surface area contributed by atoms with Crippen molar-refractivity contribution in [1.29, 1.82) is 0 Å². The van der Waals surface area contributed by atoms with Gasteiger partial charge in [0.2, 0.25) is 0 Å². The first-order valence-electron chi connectivity index (χ1n) is 10.0. The average Bonchev–Trinajstić information content (AvgIpc) is 3.15. The number of nitrogens with zero attached hydrogens (tertiary/aromatic N) is 1. The molecule has 1 heterocycles. The van der Waals surface area contributed by atoms with Crippen molar-refractivity contribution in [3.8, 4) is 0 Å². The molecule has 3 rings (SSSR count). The van der Waals surface area contributed by atoms with Crippen molar-refractivity contribution < 1.29 is 4.52 Å². The molecule has 0 saturated heterocycles. The molecule has 0 radical (unpaired) electrons. The Hall–Kier alpha value is -1.83. The van der Waals surface area contributed by atoms with Crippen molar-refractivity contribution in [2.24, 2.45) is 5.92 Å². The van der Waals surface area contributed by atoms with E-state index in [9.17, 15) is 0 Å². The smallest absolute Gasteiger partial charge is 0.159 e. The van der Waals surface area contributed by atoms with Gasteiger partial charge in [-0.25, -0.2) is 0 Å². The number of rotatable bonds is 5. The van der Waals surface area contributed by atoms with Crippen LogP contribution in [-0.4, -0.2) is 5.16 Å². The Labute approximate surface area is 158 Å². The molecule has 1 aromatic carbocycles. The van der Waals surface area contributed by atoms with Gasteiger partial charge in [-0.15, -0.1) is 0 Å². The number of fused-ring (bicyclic) bond motifs is 1. The van der Waals surface area contributed by atoms with E-state index in [1.54, 1.807) is 6.20 Å².